The van der Waals surface area contributed by atoms with E-state index in [4.69, 9.17) is 5.11 Å². The summed E-state index contributed by atoms with van der Waals surface area (Å²) in [5.41, 5.74) is 0. The molecule has 4 heteroatoms. The van der Waals surface area contributed by atoms with E-state index in [9.17, 15) is 4.79 Å². The highest BCUT2D eigenvalue weighted by molar-refractivity contribution is 5.46. The minimum absolute atomic E-state index is 0.0221. The Labute approximate surface area is 60.6 Å². The Morgan fingerprint density at radius 3 is 2.80 bits per heavy atom. The number of carbonyl (C=O) groups excluding carboxylic acids is 1. The first-order chi connectivity index (χ1) is 4.85. The van der Waals surface area contributed by atoms with Crippen LogP contribution in [0.5, 0.6) is 0 Å². The second-order valence-electron chi connectivity index (χ2n) is 1.97. The summed E-state index contributed by atoms with van der Waals surface area (Å²) in [6.45, 7) is 3.41. The summed E-state index contributed by atoms with van der Waals surface area (Å²) in [5, 5.41) is 14.1. The van der Waals surface area contributed by atoms with Gasteiger partial charge in [-0.3, -0.25) is 4.79 Å². The summed E-state index contributed by atoms with van der Waals surface area (Å²) < 4.78 is 0. The van der Waals surface area contributed by atoms with Gasteiger partial charge in [-0.25, -0.2) is 0 Å². The van der Waals surface area contributed by atoms with Crippen molar-refractivity contribution in [2.75, 3.05) is 19.7 Å². The first kappa shape index (κ1) is 9.39. The molecule has 0 aromatic rings. The highest BCUT2D eigenvalue weighted by Crippen LogP contribution is 1.75. The Morgan fingerprint density at radius 2 is 2.40 bits per heavy atom. The maximum atomic E-state index is 9.89. The average Bonchev–Trinajstić information content (AvgIpc) is 1.98. The van der Waals surface area contributed by atoms with E-state index < -0.39 is 0 Å². The molecule has 0 spiro atoms. The Balaban J connectivity index is 3.29. The number of nitrogens with one attached hydrogen (secondary N) is 2. The Bertz CT molecular complexity index is 87.8. The fraction of sp³-hybridized carbons (Fsp3) is 0.833. The third kappa shape index (κ3) is 4.29. The first-order valence-corrected chi connectivity index (χ1v) is 3.36. The van der Waals surface area contributed by atoms with Crippen LogP contribution in [-0.2, 0) is 4.79 Å². The van der Waals surface area contributed by atoms with Crippen LogP contribution < -0.4 is 10.6 Å². The molecular formula is C6H14N2O2. The molecule has 0 aliphatic rings. The fourth-order valence-corrected chi connectivity index (χ4v) is 0.591. The SMILES string of the molecule is CCNCC(CO)NC=O. The topological polar surface area (TPSA) is 61.4 Å². The van der Waals surface area contributed by atoms with E-state index >= 15 is 0 Å². The van der Waals surface area contributed by atoms with Gasteiger partial charge in [-0.15, -0.1) is 0 Å². The molecule has 4 nitrogen and oxygen atoms in total. The molecule has 0 saturated carbocycles. The lowest BCUT2D eigenvalue weighted by Crippen LogP contribution is -2.40. The van der Waals surface area contributed by atoms with Crippen LogP contribution in [0, 0.1) is 0 Å². The summed E-state index contributed by atoms with van der Waals surface area (Å²) >= 11 is 0. The van der Waals surface area contributed by atoms with Crippen LogP contribution in [0.4, 0.5) is 0 Å². The molecule has 0 aliphatic heterocycles. The van der Waals surface area contributed by atoms with Gasteiger partial charge in [0.15, 0.2) is 0 Å². The molecule has 0 heterocycles. The smallest absolute Gasteiger partial charge is 0.207 e. The normalized spacial score (nSPS) is 12.6. The molecule has 3 N–H and O–H groups in total. The molecular weight excluding hydrogens is 132 g/mol. The maximum absolute atomic E-state index is 9.89. The minimum Gasteiger partial charge on any atom is -0.394 e. The Morgan fingerprint density at radius 1 is 1.70 bits per heavy atom. The number of hydrogen-bond acceptors (Lipinski definition) is 3. The van der Waals surface area contributed by atoms with Gasteiger partial charge in [0.25, 0.3) is 0 Å². The van der Waals surface area contributed by atoms with Gasteiger partial charge in [-0.05, 0) is 6.54 Å². The van der Waals surface area contributed by atoms with Gasteiger partial charge in [0, 0.05) is 6.54 Å². The van der Waals surface area contributed by atoms with E-state index in [0.717, 1.165) is 6.54 Å². The van der Waals surface area contributed by atoms with Crippen molar-refractivity contribution in [3.63, 3.8) is 0 Å². The Hall–Kier alpha value is -0.610. The molecule has 60 valence electrons. The van der Waals surface area contributed by atoms with E-state index in [1.807, 2.05) is 6.92 Å². The van der Waals surface area contributed by atoms with Crippen LogP contribution in [0.2, 0.25) is 0 Å². The monoisotopic (exact) mass is 146 g/mol. The van der Waals surface area contributed by atoms with Crippen LogP contribution in [-0.4, -0.2) is 37.3 Å². The predicted molar refractivity (Wildman–Crippen MR) is 38.6 cm³/mol. The lowest BCUT2D eigenvalue weighted by Gasteiger charge is -2.12. The van der Waals surface area contributed by atoms with E-state index in [1.165, 1.54) is 0 Å². The van der Waals surface area contributed by atoms with Gasteiger partial charge in [0.1, 0.15) is 0 Å². The van der Waals surface area contributed by atoms with E-state index in [0.29, 0.717) is 13.0 Å². The van der Waals surface area contributed by atoms with Crippen LogP contribution in [0.3, 0.4) is 0 Å². The zero-order chi connectivity index (χ0) is 7.82. The highest BCUT2D eigenvalue weighted by Gasteiger charge is 2.02. The van der Waals surface area contributed by atoms with Gasteiger partial charge in [-0.1, -0.05) is 6.92 Å². The van der Waals surface area contributed by atoms with Gasteiger partial charge in [-0.2, -0.15) is 0 Å². The summed E-state index contributed by atoms with van der Waals surface area (Å²) in [6, 6.07) is -0.155. The molecule has 0 saturated heterocycles. The zero-order valence-corrected chi connectivity index (χ0v) is 6.13. The number of aliphatic hydroxyl groups excluding tert-OH is 1. The van der Waals surface area contributed by atoms with Crippen molar-refractivity contribution < 1.29 is 9.90 Å². The molecule has 1 unspecified atom stereocenters. The number of likely N-dealkylation sites (N-methyl/N-ethyl adjacent to an activating group) is 1. The summed E-state index contributed by atoms with van der Waals surface area (Å²) in [7, 11) is 0. The number of amides is 1. The van der Waals surface area contributed by atoms with Crippen LogP contribution in [0.1, 0.15) is 6.92 Å². The molecule has 1 atom stereocenters. The van der Waals surface area contributed by atoms with Crippen molar-refractivity contribution in [3.8, 4) is 0 Å². The van der Waals surface area contributed by atoms with Gasteiger partial charge >= 0.3 is 0 Å². The lowest BCUT2D eigenvalue weighted by molar-refractivity contribution is -0.110. The summed E-state index contributed by atoms with van der Waals surface area (Å²) in [5.74, 6) is 0. The predicted octanol–water partition coefficient (Wildman–Crippen LogP) is -1.30. The first-order valence-electron chi connectivity index (χ1n) is 3.36. The van der Waals surface area contributed by atoms with E-state index in [-0.39, 0.29) is 12.6 Å². The number of rotatable bonds is 6. The number of hydrogen-bond donors (Lipinski definition) is 3. The summed E-state index contributed by atoms with van der Waals surface area (Å²) in [4.78, 5) is 9.89. The minimum atomic E-state index is -0.155. The van der Waals surface area contributed by atoms with Crippen molar-refractivity contribution in [3.05, 3.63) is 0 Å². The molecule has 0 aromatic heterocycles. The Kier molecular flexibility index (Phi) is 6.11. The molecule has 0 aliphatic carbocycles. The van der Waals surface area contributed by atoms with Crippen molar-refractivity contribution in [2.24, 2.45) is 0 Å². The average molecular weight is 146 g/mol. The number of aliphatic hydroxyl groups is 1. The van der Waals surface area contributed by atoms with Crippen LogP contribution in [0.25, 0.3) is 0 Å². The molecule has 0 aromatic carbocycles. The lowest BCUT2D eigenvalue weighted by atomic mass is 10.3. The van der Waals surface area contributed by atoms with Crippen molar-refractivity contribution >= 4 is 6.41 Å². The van der Waals surface area contributed by atoms with Crippen molar-refractivity contribution in [2.45, 2.75) is 13.0 Å². The molecule has 0 radical (unpaired) electrons. The van der Waals surface area contributed by atoms with Gasteiger partial charge in [0.2, 0.25) is 6.41 Å². The molecule has 0 bridgehead atoms. The van der Waals surface area contributed by atoms with Crippen molar-refractivity contribution in [1.82, 2.24) is 10.6 Å². The molecule has 1 amide bonds. The molecule has 0 fully saturated rings. The fourth-order valence-electron chi connectivity index (χ4n) is 0.591. The third-order valence-corrected chi connectivity index (χ3v) is 1.16. The van der Waals surface area contributed by atoms with Gasteiger partial charge < -0.3 is 15.7 Å². The number of carbonyl (C=O) groups is 1. The molecule has 10 heavy (non-hydrogen) atoms. The van der Waals surface area contributed by atoms with Crippen LogP contribution in [0.15, 0.2) is 0 Å². The van der Waals surface area contributed by atoms with Gasteiger partial charge in [0.05, 0.1) is 12.6 Å². The van der Waals surface area contributed by atoms with Crippen molar-refractivity contribution in [1.29, 1.82) is 0 Å². The maximum Gasteiger partial charge on any atom is 0.207 e. The summed E-state index contributed by atoms with van der Waals surface area (Å²) in [6.07, 6.45) is 0.595. The third-order valence-electron chi connectivity index (χ3n) is 1.16. The second kappa shape index (κ2) is 6.51. The highest BCUT2D eigenvalue weighted by atomic mass is 16.3. The largest absolute Gasteiger partial charge is 0.394 e. The standard InChI is InChI=1S/C6H14N2O2/c1-2-7-3-6(4-9)8-5-10/h5-7,9H,2-4H2,1H3,(H,8,10). The molecule has 0 rings (SSSR count). The second-order valence-corrected chi connectivity index (χ2v) is 1.97. The quantitative estimate of drug-likeness (QED) is 0.408. The van der Waals surface area contributed by atoms with E-state index in [1.54, 1.807) is 0 Å². The van der Waals surface area contributed by atoms with Crippen LogP contribution >= 0.6 is 0 Å². The zero-order valence-electron chi connectivity index (χ0n) is 6.13. The van der Waals surface area contributed by atoms with E-state index in [2.05, 4.69) is 10.6 Å².